The van der Waals surface area contributed by atoms with Crippen molar-refractivity contribution in [3.8, 4) is 16.9 Å². The minimum Gasteiger partial charge on any atom is -0.491 e. The van der Waals surface area contributed by atoms with Crippen LogP contribution >= 0.6 is 0 Å². The predicted molar refractivity (Wildman–Crippen MR) is 100 cm³/mol. The summed E-state index contributed by atoms with van der Waals surface area (Å²) in [5.74, 6) is -2.18. The molecule has 0 atom stereocenters. The lowest BCUT2D eigenvalue weighted by atomic mass is 10.00. The summed E-state index contributed by atoms with van der Waals surface area (Å²) >= 11 is 0. The first-order valence-electron chi connectivity index (χ1n) is 9.48. The Bertz CT molecular complexity index is 713. The molecule has 0 aliphatic heterocycles. The molecule has 0 bridgehead atoms. The summed E-state index contributed by atoms with van der Waals surface area (Å²) in [7, 11) is 0. The molecule has 26 heavy (non-hydrogen) atoms. The van der Waals surface area contributed by atoms with Crippen LogP contribution in [0.1, 0.15) is 57.9 Å². The standard InChI is InChI=1S/C22H27F3O/c1-3-5-7-8-14-26-20-13-11-17(15-19(20)23)18-12-10-16(9-6-4-2)21(24)22(18)25/h10-13,15H,3-9,14H2,1-2H3. The fraction of sp³-hybridized carbons (Fsp3) is 0.455. The summed E-state index contributed by atoms with van der Waals surface area (Å²) in [4.78, 5) is 0. The number of unbranched alkanes of at least 4 members (excludes halogenated alkanes) is 4. The van der Waals surface area contributed by atoms with Crippen LogP contribution in [0, 0.1) is 17.5 Å². The molecule has 1 nitrogen and oxygen atoms in total. The second-order valence-electron chi connectivity index (χ2n) is 6.56. The maximum Gasteiger partial charge on any atom is 0.166 e. The quantitative estimate of drug-likeness (QED) is 0.410. The second kappa shape index (κ2) is 10.2. The molecule has 0 saturated carbocycles. The third kappa shape index (κ3) is 5.26. The lowest BCUT2D eigenvalue weighted by Crippen LogP contribution is -2.00. The number of benzene rings is 2. The van der Waals surface area contributed by atoms with Crippen LogP contribution in [0.2, 0.25) is 0 Å². The maximum absolute atomic E-state index is 14.4. The van der Waals surface area contributed by atoms with Gasteiger partial charge in [-0.15, -0.1) is 0 Å². The van der Waals surface area contributed by atoms with Crippen LogP contribution in [0.4, 0.5) is 13.2 Å². The van der Waals surface area contributed by atoms with Crippen LogP contribution in [0.25, 0.3) is 11.1 Å². The molecule has 0 aromatic heterocycles. The molecule has 0 N–H and O–H groups in total. The number of hydrogen-bond donors (Lipinski definition) is 0. The van der Waals surface area contributed by atoms with Crippen molar-refractivity contribution in [2.45, 2.75) is 58.8 Å². The Morgan fingerprint density at radius 1 is 0.808 bits per heavy atom. The van der Waals surface area contributed by atoms with Gasteiger partial charge in [0, 0.05) is 5.56 Å². The third-order valence-electron chi connectivity index (χ3n) is 4.46. The van der Waals surface area contributed by atoms with Gasteiger partial charge in [0.25, 0.3) is 0 Å². The highest BCUT2D eigenvalue weighted by Gasteiger charge is 2.16. The minimum absolute atomic E-state index is 0.0659. The largest absolute Gasteiger partial charge is 0.491 e. The van der Waals surface area contributed by atoms with E-state index < -0.39 is 17.5 Å². The molecule has 2 aromatic rings. The van der Waals surface area contributed by atoms with E-state index >= 15 is 0 Å². The van der Waals surface area contributed by atoms with Gasteiger partial charge in [-0.05, 0) is 42.5 Å². The van der Waals surface area contributed by atoms with Gasteiger partial charge in [-0.25, -0.2) is 13.2 Å². The summed E-state index contributed by atoms with van der Waals surface area (Å²) in [5.41, 5.74) is 0.732. The SMILES string of the molecule is CCCCCCOc1ccc(-c2ccc(CCCC)c(F)c2F)cc1F. The number of aryl methyl sites for hydroxylation is 1. The van der Waals surface area contributed by atoms with Gasteiger partial charge < -0.3 is 4.74 Å². The van der Waals surface area contributed by atoms with Crippen molar-refractivity contribution in [2.24, 2.45) is 0 Å². The van der Waals surface area contributed by atoms with E-state index in [1.54, 1.807) is 12.1 Å². The smallest absolute Gasteiger partial charge is 0.166 e. The zero-order chi connectivity index (χ0) is 18.9. The van der Waals surface area contributed by atoms with Crippen molar-refractivity contribution >= 4 is 0 Å². The molecule has 0 unspecified atom stereocenters. The fourth-order valence-electron chi connectivity index (χ4n) is 2.87. The topological polar surface area (TPSA) is 9.23 Å². The van der Waals surface area contributed by atoms with Gasteiger partial charge in [0.2, 0.25) is 0 Å². The van der Waals surface area contributed by atoms with Gasteiger partial charge in [-0.2, -0.15) is 0 Å². The summed E-state index contributed by atoms with van der Waals surface area (Å²) in [6.45, 7) is 4.57. The van der Waals surface area contributed by atoms with Crippen LogP contribution in [0.5, 0.6) is 5.75 Å². The first-order chi connectivity index (χ1) is 12.6. The van der Waals surface area contributed by atoms with E-state index in [-0.39, 0.29) is 11.3 Å². The van der Waals surface area contributed by atoms with E-state index in [4.69, 9.17) is 4.74 Å². The fourth-order valence-corrected chi connectivity index (χ4v) is 2.87. The highest BCUT2D eigenvalue weighted by molar-refractivity contribution is 5.65. The lowest BCUT2D eigenvalue weighted by molar-refractivity contribution is 0.290. The van der Waals surface area contributed by atoms with E-state index in [2.05, 4.69) is 6.92 Å². The molecule has 4 heteroatoms. The molecule has 2 rings (SSSR count). The van der Waals surface area contributed by atoms with Crippen LogP contribution in [-0.2, 0) is 6.42 Å². The van der Waals surface area contributed by atoms with Crippen LogP contribution in [0.3, 0.4) is 0 Å². The number of rotatable bonds is 10. The molecule has 0 aliphatic carbocycles. The van der Waals surface area contributed by atoms with Crippen LogP contribution in [0.15, 0.2) is 30.3 Å². The second-order valence-corrected chi connectivity index (χ2v) is 6.56. The number of halogens is 3. The van der Waals surface area contributed by atoms with Crippen molar-refractivity contribution in [2.75, 3.05) is 6.61 Å². The molecular formula is C22H27F3O. The van der Waals surface area contributed by atoms with E-state index in [9.17, 15) is 13.2 Å². The Hall–Kier alpha value is -1.97. The monoisotopic (exact) mass is 364 g/mol. The highest BCUT2D eigenvalue weighted by atomic mass is 19.2. The molecule has 0 aliphatic rings. The molecule has 0 radical (unpaired) electrons. The van der Waals surface area contributed by atoms with Gasteiger partial charge in [0.05, 0.1) is 6.61 Å². The number of ether oxygens (including phenoxy) is 1. The van der Waals surface area contributed by atoms with Gasteiger partial charge in [0.15, 0.2) is 23.2 Å². The van der Waals surface area contributed by atoms with Crippen LogP contribution < -0.4 is 4.74 Å². The van der Waals surface area contributed by atoms with Crippen molar-refractivity contribution in [1.82, 2.24) is 0 Å². The first-order valence-corrected chi connectivity index (χ1v) is 9.48. The molecule has 0 saturated heterocycles. The minimum atomic E-state index is -0.925. The Morgan fingerprint density at radius 3 is 2.27 bits per heavy atom. The molecule has 0 heterocycles. The average Bonchev–Trinajstić information content (AvgIpc) is 2.64. The Kier molecular flexibility index (Phi) is 8.02. The lowest BCUT2D eigenvalue weighted by Gasteiger charge is -2.11. The Balaban J connectivity index is 2.12. The average molecular weight is 364 g/mol. The summed E-state index contributed by atoms with van der Waals surface area (Å²) in [5, 5.41) is 0. The molecule has 0 amide bonds. The first kappa shape index (κ1) is 20.3. The van der Waals surface area contributed by atoms with Gasteiger partial charge in [-0.1, -0.05) is 57.7 Å². The van der Waals surface area contributed by atoms with Crippen LogP contribution in [-0.4, -0.2) is 6.61 Å². The highest BCUT2D eigenvalue weighted by Crippen LogP contribution is 2.30. The molecular weight excluding hydrogens is 337 g/mol. The van der Waals surface area contributed by atoms with Gasteiger partial charge >= 0.3 is 0 Å². The normalized spacial score (nSPS) is 11.0. The molecule has 0 fully saturated rings. The van der Waals surface area contributed by atoms with Crippen molar-refractivity contribution in [1.29, 1.82) is 0 Å². The summed E-state index contributed by atoms with van der Waals surface area (Å²) < 4.78 is 48.3. The van der Waals surface area contributed by atoms with Gasteiger partial charge in [0.1, 0.15) is 0 Å². The summed E-state index contributed by atoms with van der Waals surface area (Å²) in [6, 6.07) is 7.34. The summed E-state index contributed by atoms with van der Waals surface area (Å²) in [6.07, 6.45) is 6.38. The maximum atomic E-state index is 14.4. The van der Waals surface area contributed by atoms with Crippen molar-refractivity contribution in [3.05, 3.63) is 53.3 Å². The predicted octanol–water partition coefficient (Wildman–Crippen LogP) is 7.07. The molecule has 0 spiro atoms. The van der Waals surface area contributed by atoms with E-state index in [0.29, 0.717) is 24.2 Å². The Labute approximate surface area is 154 Å². The van der Waals surface area contributed by atoms with Gasteiger partial charge in [-0.3, -0.25) is 0 Å². The van der Waals surface area contributed by atoms with Crippen molar-refractivity contribution in [3.63, 3.8) is 0 Å². The third-order valence-corrected chi connectivity index (χ3v) is 4.46. The van der Waals surface area contributed by atoms with E-state index in [1.807, 2.05) is 6.92 Å². The zero-order valence-electron chi connectivity index (χ0n) is 15.6. The zero-order valence-corrected chi connectivity index (χ0v) is 15.6. The van der Waals surface area contributed by atoms with E-state index in [1.165, 1.54) is 18.2 Å². The molecule has 142 valence electrons. The number of hydrogen-bond acceptors (Lipinski definition) is 1. The van der Waals surface area contributed by atoms with E-state index in [0.717, 1.165) is 38.5 Å². The Morgan fingerprint density at radius 2 is 1.58 bits per heavy atom. The molecule has 2 aromatic carbocycles. The van der Waals surface area contributed by atoms with Crippen molar-refractivity contribution < 1.29 is 17.9 Å².